The number of hydrogen-bond acceptors (Lipinski definition) is 6. The number of nitrogens with zero attached hydrogens (tertiary/aromatic N) is 1. The molecule has 0 unspecified atom stereocenters. The highest BCUT2D eigenvalue weighted by atomic mass is 16.5. The van der Waals surface area contributed by atoms with Gasteiger partial charge in [0.1, 0.15) is 17.2 Å². The van der Waals surface area contributed by atoms with Crippen molar-refractivity contribution >= 4 is 24.2 Å². The van der Waals surface area contributed by atoms with Crippen LogP contribution in [0.1, 0.15) is 16.7 Å². The van der Waals surface area contributed by atoms with Crippen LogP contribution in [0.5, 0.6) is 17.2 Å². The number of carbonyl (C=O) groups excluding carboxylic acids is 2. The van der Waals surface area contributed by atoms with Gasteiger partial charge in [0.25, 0.3) is 5.91 Å². The maximum atomic E-state index is 12.1. The van der Waals surface area contributed by atoms with E-state index in [0.29, 0.717) is 17.1 Å². The van der Waals surface area contributed by atoms with Crippen LogP contribution in [0.2, 0.25) is 0 Å². The van der Waals surface area contributed by atoms with E-state index in [1.807, 2.05) is 37.3 Å². The number of nitrogens with one attached hydrogen (secondary N) is 1. The highest BCUT2D eigenvalue weighted by Crippen LogP contribution is 2.15. The quantitative estimate of drug-likeness (QED) is 0.176. The molecule has 0 fully saturated rings. The molecule has 0 aliphatic carbocycles. The van der Waals surface area contributed by atoms with E-state index in [2.05, 4.69) is 10.5 Å². The fraction of sp³-hybridized carbons (Fsp3) is 0.115. The first kappa shape index (κ1) is 23.3. The fourth-order valence-corrected chi connectivity index (χ4v) is 2.75. The summed E-state index contributed by atoms with van der Waals surface area (Å²) in [4.78, 5) is 24.0. The number of aryl methyl sites for hydroxylation is 1. The zero-order chi connectivity index (χ0) is 23.5. The number of amides is 1. The lowest BCUT2D eigenvalue weighted by atomic mass is 10.2. The molecule has 1 amide bonds. The number of esters is 1. The van der Waals surface area contributed by atoms with Crippen molar-refractivity contribution in [1.82, 2.24) is 5.43 Å². The minimum absolute atomic E-state index is 0.154. The predicted octanol–water partition coefficient (Wildman–Crippen LogP) is 4.15. The van der Waals surface area contributed by atoms with E-state index in [-0.39, 0.29) is 12.5 Å². The molecule has 1 N–H and O–H groups in total. The van der Waals surface area contributed by atoms with Crippen molar-refractivity contribution in [3.05, 3.63) is 95.6 Å². The summed E-state index contributed by atoms with van der Waals surface area (Å²) >= 11 is 0. The van der Waals surface area contributed by atoms with Gasteiger partial charge < -0.3 is 14.2 Å². The van der Waals surface area contributed by atoms with E-state index in [4.69, 9.17) is 14.2 Å². The summed E-state index contributed by atoms with van der Waals surface area (Å²) in [5, 5.41) is 3.91. The van der Waals surface area contributed by atoms with E-state index < -0.39 is 5.97 Å². The highest BCUT2D eigenvalue weighted by molar-refractivity contribution is 5.89. The summed E-state index contributed by atoms with van der Waals surface area (Å²) in [6.45, 7) is 1.79. The van der Waals surface area contributed by atoms with Gasteiger partial charge in [0.2, 0.25) is 0 Å². The van der Waals surface area contributed by atoms with Crippen molar-refractivity contribution in [2.24, 2.45) is 5.10 Å². The number of carbonyl (C=O) groups is 2. The van der Waals surface area contributed by atoms with Crippen LogP contribution in [0.3, 0.4) is 0 Å². The smallest absolute Gasteiger partial charge is 0.336 e. The summed E-state index contributed by atoms with van der Waals surface area (Å²) in [5.41, 5.74) is 4.94. The molecule has 0 atom stereocenters. The fourth-order valence-electron chi connectivity index (χ4n) is 2.75. The van der Waals surface area contributed by atoms with Crippen LogP contribution in [0.25, 0.3) is 6.08 Å². The lowest BCUT2D eigenvalue weighted by molar-refractivity contribution is -0.129. The second kappa shape index (κ2) is 11.9. The Balaban J connectivity index is 1.48. The van der Waals surface area contributed by atoms with E-state index in [9.17, 15) is 9.59 Å². The second-order valence-corrected chi connectivity index (χ2v) is 7.00. The normalized spacial score (nSPS) is 10.8. The van der Waals surface area contributed by atoms with Crippen LogP contribution in [0.4, 0.5) is 0 Å². The van der Waals surface area contributed by atoms with E-state index >= 15 is 0 Å². The van der Waals surface area contributed by atoms with Crippen molar-refractivity contribution in [2.75, 3.05) is 13.7 Å². The molecular weight excluding hydrogens is 420 g/mol. The van der Waals surface area contributed by atoms with E-state index in [1.54, 1.807) is 55.7 Å². The molecule has 7 heteroatoms. The first-order chi connectivity index (χ1) is 16.0. The van der Waals surface area contributed by atoms with Crippen LogP contribution in [0.15, 0.2) is 84.0 Å². The Labute approximate surface area is 192 Å². The zero-order valence-electron chi connectivity index (χ0n) is 18.4. The predicted molar refractivity (Wildman–Crippen MR) is 127 cm³/mol. The van der Waals surface area contributed by atoms with Crippen molar-refractivity contribution in [2.45, 2.75) is 6.92 Å². The molecule has 0 spiro atoms. The van der Waals surface area contributed by atoms with Crippen molar-refractivity contribution in [1.29, 1.82) is 0 Å². The SMILES string of the molecule is COc1ccc(/C=C/C(=O)Oc2cccc(/C=N/NC(=O)COc3cccc(C)c3)c2)cc1. The third-order valence-electron chi connectivity index (χ3n) is 4.37. The van der Waals surface area contributed by atoms with Gasteiger partial charge in [-0.2, -0.15) is 5.10 Å². The molecule has 3 rings (SSSR count). The molecule has 0 aliphatic heterocycles. The Bertz CT molecular complexity index is 1150. The van der Waals surface area contributed by atoms with Gasteiger partial charge in [-0.25, -0.2) is 10.2 Å². The number of hydrazone groups is 1. The minimum Gasteiger partial charge on any atom is -0.497 e. The van der Waals surface area contributed by atoms with Gasteiger partial charge in [0, 0.05) is 6.08 Å². The molecule has 0 aliphatic rings. The highest BCUT2D eigenvalue weighted by Gasteiger charge is 2.03. The number of benzene rings is 3. The summed E-state index contributed by atoms with van der Waals surface area (Å²) in [6.07, 6.45) is 4.45. The standard InChI is InChI=1S/C26H24N2O5/c1-19-5-3-7-23(15-19)32-18-25(29)28-27-17-21-6-4-8-24(16-21)33-26(30)14-11-20-9-12-22(31-2)13-10-20/h3-17H,18H2,1-2H3,(H,28,29)/b14-11+,27-17+. The Hall–Kier alpha value is -4.39. The zero-order valence-corrected chi connectivity index (χ0v) is 18.4. The third-order valence-corrected chi connectivity index (χ3v) is 4.37. The van der Waals surface area contributed by atoms with Crippen LogP contribution >= 0.6 is 0 Å². The average molecular weight is 444 g/mol. The summed E-state index contributed by atoms with van der Waals surface area (Å²) in [6, 6.07) is 21.5. The van der Waals surface area contributed by atoms with Crippen LogP contribution in [0, 0.1) is 6.92 Å². The second-order valence-electron chi connectivity index (χ2n) is 7.00. The van der Waals surface area contributed by atoms with Gasteiger partial charge in [-0.15, -0.1) is 0 Å². The van der Waals surface area contributed by atoms with Gasteiger partial charge in [-0.05, 0) is 66.1 Å². The largest absolute Gasteiger partial charge is 0.497 e. The molecule has 0 aromatic heterocycles. The number of ether oxygens (including phenoxy) is 3. The van der Waals surface area contributed by atoms with Crippen LogP contribution in [-0.4, -0.2) is 31.8 Å². The maximum absolute atomic E-state index is 12.1. The molecule has 0 saturated carbocycles. The summed E-state index contributed by atoms with van der Waals surface area (Å²) in [5.74, 6) is 0.811. The lowest BCUT2D eigenvalue weighted by Gasteiger charge is -2.05. The summed E-state index contributed by atoms with van der Waals surface area (Å²) in [7, 11) is 1.59. The maximum Gasteiger partial charge on any atom is 0.336 e. The van der Waals surface area contributed by atoms with Crippen LogP contribution < -0.4 is 19.6 Å². The first-order valence-electron chi connectivity index (χ1n) is 10.2. The van der Waals surface area contributed by atoms with Crippen molar-refractivity contribution in [3.8, 4) is 17.2 Å². The monoisotopic (exact) mass is 444 g/mol. The lowest BCUT2D eigenvalue weighted by Crippen LogP contribution is -2.24. The summed E-state index contributed by atoms with van der Waals surface area (Å²) < 4.78 is 15.9. The average Bonchev–Trinajstić information content (AvgIpc) is 2.82. The van der Waals surface area contributed by atoms with Gasteiger partial charge >= 0.3 is 5.97 Å². The van der Waals surface area contributed by atoms with Gasteiger partial charge in [-0.1, -0.05) is 36.4 Å². The van der Waals surface area contributed by atoms with E-state index in [0.717, 1.165) is 16.9 Å². The molecule has 0 saturated heterocycles. The van der Waals surface area contributed by atoms with Crippen molar-refractivity contribution < 1.29 is 23.8 Å². The number of rotatable bonds is 9. The Kier molecular flexibility index (Phi) is 8.36. The van der Waals surface area contributed by atoms with Gasteiger partial charge in [0.05, 0.1) is 13.3 Å². The Morgan fingerprint density at radius 1 is 0.909 bits per heavy atom. The molecule has 3 aromatic rings. The molecule has 0 heterocycles. The third kappa shape index (κ3) is 7.99. The Morgan fingerprint density at radius 2 is 1.67 bits per heavy atom. The Morgan fingerprint density at radius 3 is 2.42 bits per heavy atom. The molecule has 168 valence electrons. The molecule has 33 heavy (non-hydrogen) atoms. The molecule has 7 nitrogen and oxygen atoms in total. The number of hydrogen-bond donors (Lipinski definition) is 1. The first-order valence-corrected chi connectivity index (χ1v) is 10.2. The van der Waals surface area contributed by atoms with Crippen molar-refractivity contribution in [3.63, 3.8) is 0 Å². The van der Waals surface area contributed by atoms with E-state index in [1.165, 1.54) is 12.3 Å². The molecule has 0 bridgehead atoms. The molecule has 3 aromatic carbocycles. The van der Waals surface area contributed by atoms with Crippen LogP contribution in [-0.2, 0) is 9.59 Å². The minimum atomic E-state index is -0.512. The topological polar surface area (TPSA) is 86.2 Å². The molecule has 0 radical (unpaired) electrons. The van der Waals surface area contributed by atoms with Gasteiger partial charge in [-0.3, -0.25) is 4.79 Å². The number of methoxy groups -OCH3 is 1. The van der Waals surface area contributed by atoms with Gasteiger partial charge in [0.15, 0.2) is 6.61 Å². The molecular formula is C26H24N2O5.